The van der Waals surface area contributed by atoms with Gasteiger partial charge in [-0.3, -0.25) is 0 Å². The molecule has 2 amide bonds. The van der Waals surface area contributed by atoms with Crippen LogP contribution in [0.5, 0.6) is 0 Å². The smallest absolute Gasteiger partial charge is 0.308 e. The van der Waals surface area contributed by atoms with E-state index in [0.717, 1.165) is 28.9 Å². The Hall–Kier alpha value is -2.29. The van der Waals surface area contributed by atoms with Crippen LogP contribution >= 0.6 is 0 Å². The Balaban J connectivity index is 2.03. The summed E-state index contributed by atoms with van der Waals surface area (Å²) in [5.41, 5.74) is 5.06. The second-order valence-electron chi connectivity index (χ2n) is 4.95. The van der Waals surface area contributed by atoms with Crippen molar-refractivity contribution in [1.29, 1.82) is 0 Å². The molecule has 0 atom stereocenters. The fraction of sp³-hybridized carbons (Fsp3) is 0.235. The Labute approximate surface area is 120 Å². The van der Waals surface area contributed by atoms with Crippen LogP contribution in [0.2, 0.25) is 0 Å². The summed E-state index contributed by atoms with van der Waals surface area (Å²) >= 11 is 0. The van der Waals surface area contributed by atoms with Crippen LogP contribution in [-0.4, -0.2) is 6.03 Å². The summed E-state index contributed by atoms with van der Waals surface area (Å²) < 4.78 is 0. The molecule has 0 radical (unpaired) electrons. The fourth-order valence-corrected chi connectivity index (χ4v) is 1.98. The molecule has 0 unspecified atom stereocenters. The highest BCUT2D eigenvalue weighted by atomic mass is 16.2. The first-order valence-electron chi connectivity index (χ1n) is 6.82. The van der Waals surface area contributed by atoms with Gasteiger partial charge >= 0.3 is 6.03 Å². The van der Waals surface area contributed by atoms with Gasteiger partial charge < -0.3 is 10.6 Å². The van der Waals surface area contributed by atoms with Gasteiger partial charge in [0.1, 0.15) is 0 Å². The lowest BCUT2D eigenvalue weighted by Crippen LogP contribution is -2.20. The zero-order chi connectivity index (χ0) is 14.5. The highest BCUT2D eigenvalue weighted by Gasteiger charge is 2.05. The van der Waals surface area contributed by atoms with Gasteiger partial charge in [-0.25, -0.2) is 4.79 Å². The van der Waals surface area contributed by atoms with Crippen LogP contribution in [0, 0.1) is 13.8 Å². The van der Waals surface area contributed by atoms with Crippen LogP contribution in [0.15, 0.2) is 42.5 Å². The maximum Gasteiger partial charge on any atom is 0.323 e. The normalized spacial score (nSPS) is 10.2. The molecule has 0 spiro atoms. The SMILES string of the molecule is CCc1ccc(NC(=O)Nc2cc(C)ccc2C)cc1. The molecule has 20 heavy (non-hydrogen) atoms. The highest BCUT2D eigenvalue weighted by Crippen LogP contribution is 2.17. The summed E-state index contributed by atoms with van der Waals surface area (Å²) in [6, 6.07) is 13.7. The van der Waals surface area contributed by atoms with E-state index < -0.39 is 0 Å². The van der Waals surface area contributed by atoms with Crippen LogP contribution < -0.4 is 10.6 Å². The minimum Gasteiger partial charge on any atom is -0.308 e. The molecule has 2 aromatic rings. The minimum atomic E-state index is -0.219. The van der Waals surface area contributed by atoms with Gasteiger partial charge in [0.15, 0.2) is 0 Å². The van der Waals surface area contributed by atoms with Gasteiger partial charge in [-0.1, -0.05) is 31.2 Å². The summed E-state index contributed by atoms with van der Waals surface area (Å²) in [6.07, 6.45) is 0.995. The Bertz CT molecular complexity index is 603. The van der Waals surface area contributed by atoms with Gasteiger partial charge in [-0.2, -0.15) is 0 Å². The van der Waals surface area contributed by atoms with Gasteiger partial charge in [0.25, 0.3) is 0 Å². The summed E-state index contributed by atoms with van der Waals surface area (Å²) in [5, 5.41) is 5.72. The molecule has 0 aromatic heterocycles. The summed E-state index contributed by atoms with van der Waals surface area (Å²) in [5.74, 6) is 0. The average molecular weight is 268 g/mol. The molecule has 104 valence electrons. The van der Waals surface area contributed by atoms with Gasteiger partial charge in [0, 0.05) is 11.4 Å². The lowest BCUT2D eigenvalue weighted by atomic mass is 10.1. The minimum absolute atomic E-state index is 0.219. The second-order valence-corrected chi connectivity index (χ2v) is 4.95. The lowest BCUT2D eigenvalue weighted by Gasteiger charge is -2.11. The molecule has 2 N–H and O–H groups in total. The monoisotopic (exact) mass is 268 g/mol. The number of hydrogen-bond donors (Lipinski definition) is 2. The van der Waals surface area contributed by atoms with Gasteiger partial charge in [-0.05, 0) is 55.2 Å². The van der Waals surface area contributed by atoms with Crippen molar-refractivity contribution >= 4 is 17.4 Å². The van der Waals surface area contributed by atoms with Gasteiger partial charge in [-0.15, -0.1) is 0 Å². The Morgan fingerprint density at radius 1 is 1.00 bits per heavy atom. The van der Waals surface area contributed by atoms with Crippen LogP contribution in [0.4, 0.5) is 16.2 Å². The van der Waals surface area contributed by atoms with E-state index in [4.69, 9.17) is 0 Å². The highest BCUT2D eigenvalue weighted by molar-refractivity contribution is 6.00. The molecule has 0 aliphatic carbocycles. The van der Waals surface area contributed by atoms with Crippen molar-refractivity contribution in [3.05, 3.63) is 59.2 Å². The van der Waals surface area contributed by atoms with Crippen molar-refractivity contribution in [3.8, 4) is 0 Å². The van der Waals surface area contributed by atoms with Crippen molar-refractivity contribution in [2.24, 2.45) is 0 Å². The van der Waals surface area contributed by atoms with Crippen molar-refractivity contribution in [2.75, 3.05) is 10.6 Å². The number of anilines is 2. The maximum absolute atomic E-state index is 12.0. The molecule has 0 bridgehead atoms. The molecule has 3 nitrogen and oxygen atoms in total. The van der Waals surface area contributed by atoms with Gasteiger partial charge in [0.05, 0.1) is 0 Å². The largest absolute Gasteiger partial charge is 0.323 e. The number of hydrogen-bond acceptors (Lipinski definition) is 1. The van der Waals surface area contributed by atoms with E-state index in [1.54, 1.807) is 0 Å². The van der Waals surface area contributed by atoms with Crippen LogP contribution in [0.1, 0.15) is 23.6 Å². The molecule has 0 aliphatic heterocycles. The Morgan fingerprint density at radius 3 is 2.35 bits per heavy atom. The number of nitrogens with one attached hydrogen (secondary N) is 2. The molecule has 0 saturated heterocycles. The molecule has 0 fully saturated rings. The number of amides is 2. The molecule has 0 saturated carbocycles. The molecule has 0 aliphatic rings. The van der Waals surface area contributed by atoms with Crippen molar-refractivity contribution in [3.63, 3.8) is 0 Å². The van der Waals surface area contributed by atoms with Crippen LogP contribution in [0.3, 0.4) is 0 Å². The first kappa shape index (κ1) is 14.1. The Morgan fingerprint density at radius 2 is 1.70 bits per heavy atom. The van der Waals surface area contributed by atoms with E-state index in [9.17, 15) is 4.79 Å². The van der Waals surface area contributed by atoms with Crippen LogP contribution in [-0.2, 0) is 6.42 Å². The molecular weight excluding hydrogens is 248 g/mol. The zero-order valence-electron chi connectivity index (χ0n) is 12.2. The quantitative estimate of drug-likeness (QED) is 0.844. The third-order valence-corrected chi connectivity index (χ3v) is 3.26. The maximum atomic E-state index is 12.0. The summed E-state index contributed by atoms with van der Waals surface area (Å²) in [6.45, 7) is 6.09. The molecule has 0 heterocycles. The number of benzene rings is 2. The van der Waals surface area contributed by atoms with E-state index in [0.29, 0.717) is 0 Å². The van der Waals surface area contributed by atoms with E-state index in [1.807, 2.05) is 56.3 Å². The second kappa shape index (κ2) is 6.24. The number of rotatable bonds is 3. The van der Waals surface area contributed by atoms with E-state index in [-0.39, 0.29) is 6.03 Å². The predicted octanol–water partition coefficient (Wildman–Crippen LogP) is 4.51. The number of urea groups is 1. The van der Waals surface area contributed by atoms with Crippen LogP contribution in [0.25, 0.3) is 0 Å². The third kappa shape index (κ3) is 3.60. The molecular formula is C17H20N2O. The molecule has 3 heteroatoms. The number of aryl methyl sites for hydroxylation is 3. The summed E-state index contributed by atoms with van der Waals surface area (Å²) in [7, 11) is 0. The first-order valence-corrected chi connectivity index (χ1v) is 6.82. The van der Waals surface area contributed by atoms with E-state index in [2.05, 4.69) is 17.6 Å². The predicted molar refractivity (Wildman–Crippen MR) is 84.4 cm³/mol. The number of carbonyl (C=O) groups is 1. The third-order valence-electron chi connectivity index (χ3n) is 3.26. The van der Waals surface area contributed by atoms with Gasteiger partial charge in [0.2, 0.25) is 0 Å². The standard InChI is InChI=1S/C17H20N2O/c1-4-14-7-9-15(10-8-14)18-17(20)19-16-11-12(2)5-6-13(16)3/h5-11H,4H2,1-3H3,(H2,18,19,20). The topological polar surface area (TPSA) is 41.1 Å². The van der Waals surface area contributed by atoms with Crippen molar-refractivity contribution < 1.29 is 4.79 Å². The first-order chi connectivity index (χ1) is 9.58. The molecule has 2 rings (SSSR count). The number of carbonyl (C=O) groups excluding carboxylic acids is 1. The lowest BCUT2D eigenvalue weighted by molar-refractivity contribution is 0.262. The van der Waals surface area contributed by atoms with E-state index >= 15 is 0 Å². The molecule has 2 aromatic carbocycles. The van der Waals surface area contributed by atoms with E-state index in [1.165, 1.54) is 5.56 Å². The van der Waals surface area contributed by atoms with Crippen molar-refractivity contribution in [2.45, 2.75) is 27.2 Å². The van der Waals surface area contributed by atoms with Crippen molar-refractivity contribution in [1.82, 2.24) is 0 Å². The zero-order valence-corrected chi connectivity index (χ0v) is 12.2. The summed E-state index contributed by atoms with van der Waals surface area (Å²) in [4.78, 5) is 12.0. The Kier molecular flexibility index (Phi) is 4.41. The average Bonchev–Trinajstić information content (AvgIpc) is 2.43. The fourth-order valence-electron chi connectivity index (χ4n) is 1.98.